The molecule has 3 amide bonds. The van der Waals surface area contributed by atoms with Crippen molar-refractivity contribution in [3.8, 4) is 0 Å². The summed E-state index contributed by atoms with van der Waals surface area (Å²) in [5.74, 6) is -0.218. The third kappa shape index (κ3) is 7.97. The van der Waals surface area contributed by atoms with Gasteiger partial charge in [-0.05, 0) is 48.8 Å². The predicted molar refractivity (Wildman–Crippen MR) is 149 cm³/mol. The number of imide groups is 1. The van der Waals surface area contributed by atoms with Gasteiger partial charge in [-0.3, -0.25) is 29.0 Å². The molecule has 0 unspecified atom stereocenters. The fraction of sp³-hybridized carbons (Fsp3) is 0.516. The highest BCUT2D eigenvalue weighted by atomic mass is 16.6. The van der Waals surface area contributed by atoms with Crippen LogP contribution in [0, 0.1) is 17.8 Å². The molecule has 2 aromatic rings. The summed E-state index contributed by atoms with van der Waals surface area (Å²) in [5, 5.41) is 0. The topological polar surface area (TPSA) is 88.2 Å². The van der Waals surface area contributed by atoms with Crippen LogP contribution in [0.1, 0.15) is 65.8 Å². The van der Waals surface area contributed by atoms with E-state index in [1.54, 1.807) is 24.3 Å². The van der Waals surface area contributed by atoms with Crippen molar-refractivity contribution < 1.29 is 24.0 Å². The monoisotopic (exact) mass is 535 g/mol. The average molecular weight is 536 g/mol. The molecule has 39 heavy (non-hydrogen) atoms. The van der Waals surface area contributed by atoms with Crippen LogP contribution in [0.3, 0.4) is 0 Å². The molecule has 0 bridgehead atoms. The third-order valence-electron chi connectivity index (χ3n) is 7.56. The van der Waals surface area contributed by atoms with Crippen molar-refractivity contribution in [1.82, 2.24) is 15.3 Å². The highest BCUT2D eigenvalue weighted by molar-refractivity contribution is 6.21. The Bertz CT molecular complexity index is 1070. The summed E-state index contributed by atoms with van der Waals surface area (Å²) in [7, 11) is 0. The van der Waals surface area contributed by atoms with Crippen LogP contribution >= 0.6 is 0 Å². The van der Waals surface area contributed by atoms with Crippen LogP contribution in [-0.4, -0.2) is 66.9 Å². The minimum atomic E-state index is -0.242. The smallest absolute Gasteiger partial charge is 0.261 e. The molecule has 0 radical (unpaired) electrons. The zero-order valence-corrected chi connectivity index (χ0v) is 23.1. The van der Waals surface area contributed by atoms with Crippen LogP contribution < -0.4 is 5.48 Å². The van der Waals surface area contributed by atoms with E-state index in [1.165, 1.54) is 4.90 Å². The number of carbonyl (C=O) groups excluding carboxylic acids is 3. The number of benzene rings is 2. The molecule has 2 aromatic carbocycles. The summed E-state index contributed by atoms with van der Waals surface area (Å²) in [4.78, 5) is 48.3. The van der Waals surface area contributed by atoms with Gasteiger partial charge in [0.05, 0.1) is 30.9 Å². The summed E-state index contributed by atoms with van der Waals surface area (Å²) in [6, 6.07) is 16.7. The van der Waals surface area contributed by atoms with Gasteiger partial charge in [0.15, 0.2) is 0 Å². The Labute approximate surface area is 231 Å². The van der Waals surface area contributed by atoms with Gasteiger partial charge in [-0.2, -0.15) is 0 Å². The zero-order chi connectivity index (χ0) is 27.6. The van der Waals surface area contributed by atoms with E-state index in [1.807, 2.05) is 30.3 Å². The molecule has 0 saturated carbocycles. The van der Waals surface area contributed by atoms with E-state index in [0.717, 1.165) is 38.0 Å². The van der Waals surface area contributed by atoms with Crippen LogP contribution in [0.4, 0.5) is 0 Å². The van der Waals surface area contributed by atoms with E-state index >= 15 is 0 Å². The molecule has 1 N–H and O–H groups in total. The molecule has 1 saturated heterocycles. The van der Waals surface area contributed by atoms with Crippen LogP contribution in [0.15, 0.2) is 54.6 Å². The van der Waals surface area contributed by atoms with Gasteiger partial charge in [-0.25, -0.2) is 5.48 Å². The lowest BCUT2D eigenvalue weighted by Gasteiger charge is -2.34. The number of fused-ring (bicyclic) bond motifs is 1. The Morgan fingerprint density at radius 2 is 1.59 bits per heavy atom. The molecule has 0 aliphatic carbocycles. The van der Waals surface area contributed by atoms with Crippen molar-refractivity contribution >= 4 is 17.7 Å². The molecule has 210 valence electrons. The van der Waals surface area contributed by atoms with Crippen molar-refractivity contribution in [2.45, 2.75) is 46.1 Å². The standard InChI is InChI=1S/C31H41N3O5/c1-23(2)20-25(21-33-16-18-38-19-17-33)26(29(35)32-39-22-24-10-4-3-5-11-24)12-8-9-15-34-30(36)27-13-6-7-14-28(27)31(34)37/h3-7,10-11,13-14,23,25-26H,8-9,12,15-22H2,1-2H3,(H,32,35)/t25-,26-/m0/s1. The average Bonchev–Trinajstić information content (AvgIpc) is 3.18. The number of hydroxylamine groups is 1. The van der Waals surface area contributed by atoms with E-state index in [-0.39, 0.29) is 29.6 Å². The maximum Gasteiger partial charge on any atom is 0.261 e. The van der Waals surface area contributed by atoms with Crippen molar-refractivity contribution in [3.63, 3.8) is 0 Å². The number of unbranched alkanes of at least 4 members (excludes halogenated alkanes) is 1. The summed E-state index contributed by atoms with van der Waals surface area (Å²) in [6.45, 7) is 9.03. The molecule has 0 spiro atoms. The van der Waals surface area contributed by atoms with Gasteiger partial charge >= 0.3 is 0 Å². The third-order valence-corrected chi connectivity index (χ3v) is 7.56. The van der Waals surface area contributed by atoms with Crippen molar-refractivity contribution in [2.75, 3.05) is 39.4 Å². The van der Waals surface area contributed by atoms with Crippen LogP contribution in [0.5, 0.6) is 0 Å². The highest BCUT2D eigenvalue weighted by Crippen LogP contribution is 2.28. The highest BCUT2D eigenvalue weighted by Gasteiger charge is 2.35. The maximum absolute atomic E-state index is 13.5. The van der Waals surface area contributed by atoms with Crippen molar-refractivity contribution in [3.05, 3.63) is 71.3 Å². The summed E-state index contributed by atoms with van der Waals surface area (Å²) < 4.78 is 5.53. The molecule has 2 aliphatic rings. The number of nitrogens with one attached hydrogen (secondary N) is 1. The van der Waals surface area contributed by atoms with Gasteiger partial charge in [0, 0.05) is 32.1 Å². The number of rotatable bonds is 14. The molecule has 2 heterocycles. The van der Waals surface area contributed by atoms with Crippen LogP contribution in [-0.2, 0) is 21.0 Å². The van der Waals surface area contributed by atoms with Crippen molar-refractivity contribution in [2.24, 2.45) is 17.8 Å². The Hall–Kier alpha value is -3.07. The molecule has 2 aliphatic heterocycles. The lowest BCUT2D eigenvalue weighted by atomic mass is 9.81. The number of ether oxygens (including phenoxy) is 1. The molecule has 2 atom stereocenters. The molecule has 0 aromatic heterocycles. The summed E-state index contributed by atoms with van der Waals surface area (Å²) >= 11 is 0. The quantitative estimate of drug-likeness (QED) is 0.220. The number of carbonyl (C=O) groups is 3. The van der Waals surface area contributed by atoms with Crippen molar-refractivity contribution in [1.29, 1.82) is 0 Å². The Balaban J connectivity index is 1.38. The lowest BCUT2D eigenvalue weighted by molar-refractivity contribution is -0.141. The maximum atomic E-state index is 13.5. The molecule has 8 heteroatoms. The number of hydrogen-bond acceptors (Lipinski definition) is 6. The number of morpholine rings is 1. The normalized spacial score (nSPS) is 17.4. The number of nitrogens with zero attached hydrogens (tertiary/aromatic N) is 2. The second kappa shape index (κ2) is 14.4. The first-order valence-corrected chi connectivity index (χ1v) is 14.1. The van der Waals surface area contributed by atoms with Gasteiger partial charge in [-0.15, -0.1) is 0 Å². The van der Waals surface area contributed by atoms with Gasteiger partial charge in [0.2, 0.25) is 5.91 Å². The van der Waals surface area contributed by atoms with Gasteiger partial charge in [-0.1, -0.05) is 62.7 Å². The molecule has 1 fully saturated rings. The van der Waals surface area contributed by atoms with E-state index < -0.39 is 0 Å². The van der Waals surface area contributed by atoms with E-state index in [4.69, 9.17) is 9.57 Å². The fourth-order valence-corrected chi connectivity index (χ4v) is 5.58. The largest absolute Gasteiger partial charge is 0.379 e. The molecule has 4 rings (SSSR count). The SMILES string of the molecule is CC(C)C[C@@H](CN1CCOCC1)[C@H](CCCCN1C(=O)c2ccccc2C1=O)C(=O)NOCc1ccccc1. The van der Waals surface area contributed by atoms with Gasteiger partial charge in [0.1, 0.15) is 0 Å². The number of amides is 3. The molecular weight excluding hydrogens is 494 g/mol. The number of hydrogen-bond donors (Lipinski definition) is 1. The fourth-order valence-electron chi connectivity index (χ4n) is 5.58. The van der Waals surface area contributed by atoms with Gasteiger partial charge < -0.3 is 4.74 Å². The van der Waals surface area contributed by atoms with E-state index in [2.05, 4.69) is 24.2 Å². The first-order chi connectivity index (χ1) is 18.9. The Kier molecular flexibility index (Phi) is 10.6. The summed E-state index contributed by atoms with van der Waals surface area (Å²) in [5.41, 5.74) is 4.66. The lowest BCUT2D eigenvalue weighted by Crippen LogP contribution is -2.44. The second-order valence-corrected chi connectivity index (χ2v) is 11.0. The first kappa shape index (κ1) is 28.9. The first-order valence-electron chi connectivity index (χ1n) is 14.1. The minimum Gasteiger partial charge on any atom is -0.379 e. The van der Waals surface area contributed by atoms with Crippen LogP contribution in [0.25, 0.3) is 0 Å². The van der Waals surface area contributed by atoms with Crippen LogP contribution in [0.2, 0.25) is 0 Å². The summed E-state index contributed by atoms with van der Waals surface area (Å²) in [6.07, 6.45) is 2.95. The molecule has 8 nitrogen and oxygen atoms in total. The molecular formula is C31H41N3O5. The van der Waals surface area contributed by atoms with Gasteiger partial charge in [0.25, 0.3) is 11.8 Å². The second-order valence-electron chi connectivity index (χ2n) is 11.0. The minimum absolute atomic E-state index is 0.106. The Morgan fingerprint density at radius 1 is 0.949 bits per heavy atom. The Morgan fingerprint density at radius 3 is 2.23 bits per heavy atom. The van der Waals surface area contributed by atoms with E-state index in [9.17, 15) is 14.4 Å². The zero-order valence-electron chi connectivity index (χ0n) is 23.1. The van der Waals surface area contributed by atoms with E-state index in [0.29, 0.717) is 56.3 Å². The predicted octanol–water partition coefficient (Wildman–Crippen LogP) is 4.31.